The third-order valence-electron chi connectivity index (χ3n) is 10.1. The molecule has 8 nitrogen and oxygen atoms in total. The zero-order valence-electron chi connectivity index (χ0n) is 36.0. The first-order valence-electron chi connectivity index (χ1n) is 20.0. The summed E-state index contributed by atoms with van der Waals surface area (Å²) in [5.74, 6) is -6.19. The molecule has 3 heterocycles. The van der Waals surface area contributed by atoms with Gasteiger partial charge in [-0.05, 0) is 74.0 Å². The zero-order valence-corrected chi connectivity index (χ0v) is 38.9. The van der Waals surface area contributed by atoms with Crippen LogP contribution in [-0.2, 0) is 9.31 Å². The molecular formula is C49H39BClF6IN6O2. The molecule has 1 aliphatic rings. The van der Waals surface area contributed by atoms with Crippen LogP contribution >= 0.6 is 34.2 Å². The van der Waals surface area contributed by atoms with E-state index in [-0.39, 0.29) is 22.1 Å². The lowest BCUT2D eigenvalue weighted by atomic mass is 9.79. The van der Waals surface area contributed by atoms with E-state index in [2.05, 4.69) is 52.5 Å². The highest BCUT2D eigenvalue weighted by atomic mass is 127. The average molecular weight is 1030 g/mol. The second kappa shape index (κ2) is 21.9. The highest BCUT2D eigenvalue weighted by Crippen LogP contribution is 2.36. The predicted molar refractivity (Wildman–Crippen MR) is 254 cm³/mol. The fraction of sp³-hybridized carbons (Fsp3) is 0.143. The minimum atomic E-state index is -1.53. The normalized spacial score (nSPS) is 13.3. The molecule has 2 aromatic heterocycles. The van der Waals surface area contributed by atoms with E-state index < -0.39 is 53.2 Å². The molecule has 0 saturated carbocycles. The molecule has 0 bridgehead atoms. The zero-order chi connectivity index (χ0) is 47.6. The number of aromatic nitrogens is 6. The van der Waals surface area contributed by atoms with E-state index in [4.69, 9.17) is 20.9 Å². The molecule has 0 spiro atoms. The summed E-state index contributed by atoms with van der Waals surface area (Å²) >= 11 is 8.14. The van der Waals surface area contributed by atoms with Crippen molar-refractivity contribution in [1.82, 2.24) is 29.9 Å². The van der Waals surface area contributed by atoms with E-state index >= 15 is 0 Å². The third kappa shape index (κ3) is 12.0. The lowest BCUT2D eigenvalue weighted by Crippen LogP contribution is -2.41. The van der Waals surface area contributed by atoms with Gasteiger partial charge in [-0.3, -0.25) is 0 Å². The van der Waals surface area contributed by atoms with Gasteiger partial charge in [0.15, 0.2) is 64.0 Å². The van der Waals surface area contributed by atoms with Crippen LogP contribution in [-0.4, -0.2) is 53.2 Å². The molecule has 336 valence electrons. The van der Waals surface area contributed by atoms with Crippen molar-refractivity contribution in [3.63, 3.8) is 0 Å². The van der Waals surface area contributed by atoms with Crippen LogP contribution in [0.25, 0.3) is 56.9 Å². The smallest absolute Gasteiger partial charge is 0.399 e. The Morgan fingerprint density at radius 3 is 0.970 bits per heavy atom. The molecule has 0 amide bonds. The summed E-state index contributed by atoms with van der Waals surface area (Å²) in [5, 5.41) is 0.202. The van der Waals surface area contributed by atoms with Crippen LogP contribution in [0.15, 0.2) is 146 Å². The Balaban J connectivity index is 0.000000165. The van der Waals surface area contributed by atoms with Gasteiger partial charge in [0.2, 0.25) is 5.28 Å². The molecule has 9 rings (SSSR count). The molecule has 17 heteroatoms. The third-order valence-corrected chi connectivity index (χ3v) is 10.3. The maximum atomic E-state index is 13.7. The van der Waals surface area contributed by atoms with Gasteiger partial charge in [-0.2, -0.15) is 9.97 Å². The minimum absolute atomic E-state index is 0.0307. The first-order chi connectivity index (χ1) is 31.6. The highest BCUT2D eigenvalue weighted by molar-refractivity contribution is 14.1. The number of halogens is 8. The van der Waals surface area contributed by atoms with Gasteiger partial charge in [0, 0.05) is 27.8 Å². The highest BCUT2D eigenvalue weighted by Gasteiger charge is 2.52. The maximum absolute atomic E-state index is 13.7. The summed E-state index contributed by atoms with van der Waals surface area (Å²) in [5.41, 5.74) is 2.22. The van der Waals surface area contributed by atoms with Gasteiger partial charge in [0.1, 0.15) is 0 Å². The second-order valence-corrected chi connectivity index (χ2v) is 15.5. The Bertz CT molecular complexity index is 2720. The van der Waals surface area contributed by atoms with E-state index in [1.807, 2.05) is 154 Å². The molecule has 1 fully saturated rings. The summed E-state index contributed by atoms with van der Waals surface area (Å²) in [4.78, 5) is 27.9. The number of nitrogens with zero attached hydrogens (tertiary/aromatic N) is 6. The van der Waals surface area contributed by atoms with E-state index in [9.17, 15) is 26.3 Å². The van der Waals surface area contributed by atoms with Crippen molar-refractivity contribution in [3.8, 4) is 56.9 Å². The molecule has 0 aliphatic carbocycles. The Kier molecular flexibility index (Phi) is 16.4. The second-order valence-electron chi connectivity index (χ2n) is 15.2. The largest absolute Gasteiger partial charge is 0.495 e. The van der Waals surface area contributed by atoms with Crippen LogP contribution in [0, 0.1) is 34.9 Å². The molecule has 6 aromatic carbocycles. The van der Waals surface area contributed by atoms with Crippen LogP contribution < -0.4 is 5.46 Å². The number of hydrogen-bond donors (Lipinski definition) is 0. The Labute approximate surface area is 396 Å². The SMILES string of the molecule is CC1(C)OB(c2cc(F)c(F)c(F)c2)OC1(C)C.CI.Clc1nc(-c2ccccc2)nc(-c2ccccc2)n1.Fc1cc(-c2nc(-c3ccccc3)nc(-c3ccccc3)n2)cc(F)c1F. The number of hydrogen-bond acceptors (Lipinski definition) is 8. The van der Waals surface area contributed by atoms with E-state index in [1.54, 1.807) is 0 Å². The predicted octanol–water partition coefficient (Wildman–Crippen LogP) is 12.6. The average Bonchev–Trinajstić information content (AvgIpc) is 3.56. The quantitative estimate of drug-likeness (QED) is 0.0534. The van der Waals surface area contributed by atoms with Crippen molar-refractivity contribution < 1.29 is 35.7 Å². The first-order valence-corrected chi connectivity index (χ1v) is 22.5. The van der Waals surface area contributed by atoms with Gasteiger partial charge in [-0.15, -0.1) is 0 Å². The monoisotopic (exact) mass is 1030 g/mol. The molecular weight excluding hydrogens is 992 g/mol. The van der Waals surface area contributed by atoms with Crippen LogP contribution in [0.5, 0.6) is 0 Å². The van der Waals surface area contributed by atoms with Gasteiger partial charge in [-0.25, -0.2) is 46.3 Å². The van der Waals surface area contributed by atoms with Gasteiger partial charge in [-0.1, -0.05) is 144 Å². The molecule has 8 aromatic rings. The van der Waals surface area contributed by atoms with Crippen molar-refractivity contribution in [2.45, 2.75) is 38.9 Å². The van der Waals surface area contributed by atoms with E-state index in [0.29, 0.717) is 23.3 Å². The topological polar surface area (TPSA) is 95.8 Å². The fourth-order valence-electron chi connectivity index (χ4n) is 6.10. The fourth-order valence-corrected chi connectivity index (χ4v) is 6.26. The van der Waals surface area contributed by atoms with Gasteiger partial charge in [0.05, 0.1) is 11.2 Å². The number of rotatable bonds is 6. The number of benzene rings is 6. The first kappa shape index (κ1) is 49.4. The van der Waals surface area contributed by atoms with Crippen molar-refractivity contribution in [3.05, 3.63) is 186 Å². The molecule has 0 atom stereocenters. The van der Waals surface area contributed by atoms with Gasteiger partial charge in [0.25, 0.3) is 0 Å². The summed E-state index contributed by atoms with van der Waals surface area (Å²) in [7, 11) is -0.903. The Morgan fingerprint density at radius 2 is 0.667 bits per heavy atom. The molecule has 0 unspecified atom stereocenters. The summed E-state index contributed by atoms with van der Waals surface area (Å²) in [6.07, 6.45) is 0. The van der Waals surface area contributed by atoms with Crippen molar-refractivity contribution in [1.29, 1.82) is 0 Å². The van der Waals surface area contributed by atoms with Crippen molar-refractivity contribution in [2.75, 3.05) is 4.93 Å². The van der Waals surface area contributed by atoms with Gasteiger partial charge < -0.3 is 9.31 Å². The van der Waals surface area contributed by atoms with Crippen LogP contribution in [0.1, 0.15) is 27.7 Å². The maximum Gasteiger partial charge on any atom is 0.495 e. The van der Waals surface area contributed by atoms with Crippen LogP contribution in [0.2, 0.25) is 5.28 Å². The number of alkyl halides is 1. The standard InChI is InChI=1S/C21H12F3N3.C15H10ClN3.C12H14BF3O2.CH3I/c22-16-11-15(12-17(23)18(16)24)21-26-19(13-7-3-1-4-8-13)25-20(27-21)14-9-5-2-6-10-14;16-15-18-13(11-7-3-1-4-8-11)17-14(19-15)12-9-5-2-6-10-12;1-11(2)12(3,4)18-13(17-11)7-5-8(14)10(16)9(15)6-7;1-2/h1-12H;1-10H;5-6H,1-4H3;1H3. The molecule has 0 radical (unpaired) electrons. The summed E-state index contributed by atoms with van der Waals surface area (Å²) < 4.78 is 91.1. The minimum Gasteiger partial charge on any atom is -0.399 e. The Morgan fingerprint density at radius 1 is 0.409 bits per heavy atom. The lowest BCUT2D eigenvalue weighted by molar-refractivity contribution is 0.00578. The molecule has 1 saturated heterocycles. The Hall–Kier alpha value is -6.08. The van der Waals surface area contributed by atoms with Gasteiger partial charge >= 0.3 is 7.12 Å². The molecule has 0 N–H and O–H groups in total. The van der Waals surface area contributed by atoms with Crippen molar-refractivity contribution in [2.24, 2.45) is 0 Å². The summed E-state index contributed by atoms with van der Waals surface area (Å²) in [6.45, 7) is 7.29. The van der Waals surface area contributed by atoms with E-state index in [1.165, 1.54) is 0 Å². The summed E-state index contributed by atoms with van der Waals surface area (Å²) in [6, 6.07) is 41.3. The van der Waals surface area contributed by atoms with E-state index in [0.717, 1.165) is 46.5 Å². The molecule has 66 heavy (non-hydrogen) atoms. The van der Waals surface area contributed by atoms with Crippen molar-refractivity contribution >= 4 is 46.8 Å². The van der Waals surface area contributed by atoms with Crippen LogP contribution in [0.4, 0.5) is 26.3 Å². The lowest BCUT2D eigenvalue weighted by Gasteiger charge is -2.32. The molecule has 1 aliphatic heterocycles. The van der Waals surface area contributed by atoms with Crippen LogP contribution in [0.3, 0.4) is 0 Å².